The monoisotopic (exact) mass is 253 g/mol. The summed E-state index contributed by atoms with van der Waals surface area (Å²) in [6.07, 6.45) is 8.51. The van der Waals surface area contributed by atoms with Crippen LogP contribution in [0.4, 0.5) is 0 Å². The van der Waals surface area contributed by atoms with E-state index in [-0.39, 0.29) is 0 Å². The van der Waals surface area contributed by atoms with E-state index in [2.05, 4.69) is 23.2 Å². The maximum atomic E-state index is 5.94. The van der Waals surface area contributed by atoms with Gasteiger partial charge in [-0.05, 0) is 37.3 Å². The molecular formula is C17H19NO. The summed E-state index contributed by atoms with van der Waals surface area (Å²) in [5.41, 5.74) is 2.33. The Morgan fingerprint density at radius 1 is 0.842 bits per heavy atom. The van der Waals surface area contributed by atoms with Crippen LogP contribution in [0.1, 0.15) is 32.1 Å². The van der Waals surface area contributed by atoms with E-state index in [1.807, 2.05) is 30.5 Å². The van der Waals surface area contributed by atoms with Crippen LogP contribution >= 0.6 is 0 Å². The molecule has 3 rings (SSSR count). The highest BCUT2D eigenvalue weighted by Crippen LogP contribution is 2.24. The van der Waals surface area contributed by atoms with Crippen LogP contribution in [0.2, 0.25) is 0 Å². The molecule has 1 aliphatic rings. The molecule has 0 unspecified atom stereocenters. The van der Waals surface area contributed by atoms with Crippen molar-refractivity contribution in [3.63, 3.8) is 0 Å². The fourth-order valence-corrected chi connectivity index (χ4v) is 2.61. The lowest BCUT2D eigenvalue weighted by atomic mass is 9.98. The number of aromatic nitrogens is 1. The van der Waals surface area contributed by atoms with Crippen LogP contribution in [-0.2, 0) is 0 Å². The molecule has 0 aliphatic heterocycles. The van der Waals surface area contributed by atoms with Crippen LogP contribution in [0.5, 0.6) is 5.88 Å². The lowest BCUT2D eigenvalue weighted by molar-refractivity contribution is 0.148. The summed E-state index contributed by atoms with van der Waals surface area (Å²) in [6.45, 7) is 0. The molecule has 0 saturated heterocycles. The number of benzene rings is 1. The molecule has 0 bridgehead atoms. The predicted molar refractivity (Wildman–Crippen MR) is 77.2 cm³/mol. The molecule has 0 atom stereocenters. The first kappa shape index (κ1) is 12.2. The third-order valence-corrected chi connectivity index (χ3v) is 3.68. The third-order valence-electron chi connectivity index (χ3n) is 3.68. The molecule has 19 heavy (non-hydrogen) atoms. The molecule has 2 aromatic rings. The van der Waals surface area contributed by atoms with Gasteiger partial charge in [0, 0.05) is 17.8 Å². The molecule has 0 amide bonds. The van der Waals surface area contributed by atoms with Crippen LogP contribution in [-0.4, -0.2) is 11.1 Å². The minimum atomic E-state index is 0.365. The van der Waals surface area contributed by atoms with E-state index >= 15 is 0 Å². The molecule has 1 heterocycles. The zero-order valence-electron chi connectivity index (χ0n) is 11.1. The van der Waals surface area contributed by atoms with Gasteiger partial charge in [0.1, 0.15) is 6.10 Å². The van der Waals surface area contributed by atoms with Gasteiger partial charge in [0.25, 0.3) is 0 Å². The van der Waals surface area contributed by atoms with Crippen LogP contribution < -0.4 is 4.74 Å². The number of hydrogen-bond acceptors (Lipinski definition) is 2. The second kappa shape index (κ2) is 5.87. The van der Waals surface area contributed by atoms with Crippen LogP contribution in [0.25, 0.3) is 11.1 Å². The van der Waals surface area contributed by atoms with Gasteiger partial charge in [-0.15, -0.1) is 0 Å². The first-order chi connectivity index (χ1) is 9.42. The topological polar surface area (TPSA) is 22.1 Å². The van der Waals surface area contributed by atoms with Crippen LogP contribution in [0.15, 0.2) is 48.7 Å². The highest BCUT2D eigenvalue weighted by Gasteiger charge is 2.15. The molecular weight excluding hydrogens is 234 g/mol. The molecule has 2 heteroatoms. The lowest BCUT2D eigenvalue weighted by Gasteiger charge is -2.22. The molecule has 1 saturated carbocycles. The average molecular weight is 253 g/mol. The fraction of sp³-hybridized carbons (Fsp3) is 0.353. The van der Waals surface area contributed by atoms with Crippen molar-refractivity contribution in [2.75, 3.05) is 0 Å². The van der Waals surface area contributed by atoms with Gasteiger partial charge in [-0.25, -0.2) is 4.98 Å². The minimum absolute atomic E-state index is 0.365. The van der Waals surface area contributed by atoms with Gasteiger partial charge in [0.05, 0.1) is 0 Å². The molecule has 98 valence electrons. The molecule has 0 spiro atoms. The standard InChI is InChI=1S/C17H19NO/c1-3-7-14(8-4-1)15-11-12-17(18-13-15)19-16-9-5-2-6-10-16/h1,3-4,7-8,11-13,16H,2,5-6,9-10H2. The summed E-state index contributed by atoms with van der Waals surface area (Å²) in [7, 11) is 0. The number of nitrogens with zero attached hydrogens (tertiary/aromatic N) is 1. The van der Waals surface area contributed by atoms with Crippen molar-refractivity contribution in [3.8, 4) is 17.0 Å². The number of ether oxygens (including phenoxy) is 1. The van der Waals surface area contributed by atoms with E-state index in [0.29, 0.717) is 6.10 Å². The van der Waals surface area contributed by atoms with E-state index in [1.165, 1.54) is 37.7 Å². The van der Waals surface area contributed by atoms with Crippen LogP contribution in [0, 0.1) is 0 Å². The normalized spacial score (nSPS) is 16.2. The molecule has 0 N–H and O–H groups in total. The Balaban J connectivity index is 1.68. The van der Waals surface area contributed by atoms with Crippen molar-refractivity contribution in [1.29, 1.82) is 0 Å². The Hall–Kier alpha value is -1.83. The summed E-state index contributed by atoms with van der Waals surface area (Å²) in [5.74, 6) is 0.756. The number of hydrogen-bond donors (Lipinski definition) is 0. The predicted octanol–water partition coefficient (Wildman–Crippen LogP) is 4.46. The Morgan fingerprint density at radius 3 is 2.32 bits per heavy atom. The molecule has 0 radical (unpaired) electrons. The zero-order chi connectivity index (χ0) is 12.9. The molecule has 1 aliphatic carbocycles. The second-order valence-electron chi connectivity index (χ2n) is 5.13. The fourth-order valence-electron chi connectivity index (χ4n) is 2.61. The lowest BCUT2D eigenvalue weighted by Crippen LogP contribution is -2.20. The van der Waals surface area contributed by atoms with Gasteiger partial charge >= 0.3 is 0 Å². The van der Waals surface area contributed by atoms with E-state index in [0.717, 1.165) is 11.4 Å². The highest BCUT2D eigenvalue weighted by atomic mass is 16.5. The highest BCUT2D eigenvalue weighted by molar-refractivity contribution is 5.62. The maximum Gasteiger partial charge on any atom is 0.213 e. The molecule has 1 fully saturated rings. The van der Waals surface area contributed by atoms with Crippen LogP contribution in [0.3, 0.4) is 0 Å². The van der Waals surface area contributed by atoms with E-state index in [9.17, 15) is 0 Å². The van der Waals surface area contributed by atoms with Crippen molar-refractivity contribution in [1.82, 2.24) is 4.98 Å². The molecule has 1 aromatic heterocycles. The number of rotatable bonds is 3. The Morgan fingerprint density at radius 2 is 1.63 bits per heavy atom. The first-order valence-corrected chi connectivity index (χ1v) is 7.10. The Labute approximate surface area is 114 Å². The van der Waals surface area contributed by atoms with E-state index in [4.69, 9.17) is 4.74 Å². The summed E-state index contributed by atoms with van der Waals surface area (Å²) < 4.78 is 5.94. The van der Waals surface area contributed by atoms with E-state index in [1.54, 1.807) is 0 Å². The Kier molecular flexibility index (Phi) is 3.78. The largest absolute Gasteiger partial charge is 0.474 e. The van der Waals surface area contributed by atoms with Gasteiger partial charge in [-0.2, -0.15) is 0 Å². The number of pyridine rings is 1. The van der Waals surface area contributed by atoms with Gasteiger partial charge in [-0.3, -0.25) is 0 Å². The quantitative estimate of drug-likeness (QED) is 0.805. The first-order valence-electron chi connectivity index (χ1n) is 7.10. The zero-order valence-corrected chi connectivity index (χ0v) is 11.1. The van der Waals surface area contributed by atoms with Gasteiger partial charge in [0.15, 0.2) is 0 Å². The van der Waals surface area contributed by atoms with Crippen molar-refractivity contribution >= 4 is 0 Å². The van der Waals surface area contributed by atoms with Gasteiger partial charge in [0.2, 0.25) is 5.88 Å². The van der Waals surface area contributed by atoms with Gasteiger partial charge in [-0.1, -0.05) is 36.8 Å². The van der Waals surface area contributed by atoms with Crippen molar-refractivity contribution in [2.24, 2.45) is 0 Å². The van der Waals surface area contributed by atoms with Crippen molar-refractivity contribution in [3.05, 3.63) is 48.7 Å². The smallest absolute Gasteiger partial charge is 0.213 e. The molecule has 1 aromatic carbocycles. The second-order valence-corrected chi connectivity index (χ2v) is 5.13. The molecule has 2 nitrogen and oxygen atoms in total. The Bertz CT molecular complexity index is 501. The van der Waals surface area contributed by atoms with E-state index < -0.39 is 0 Å². The summed E-state index contributed by atoms with van der Waals surface area (Å²) in [5, 5.41) is 0. The SMILES string of the molecule is c1ccc(-c2ccc(OC3CCCCC3)nc2)cc1. The third kappa shape index (κ3) is 3.14. The maximum absolute atomic E-state index is 5.94. The van der Waals surface area contributed by atoms with Gasteiger partial charge < -0.3 is 4.74 Å². The summed E-state index contributed by atoms with van der Waals surface area (Å²) in [6, 6.07) is 14.4. The average Bonchev–Trinajstić information content (AvgIpc) is 2.50. The summed E-state index contributed by atoms with van der Waals surface area (Å²) in [4.78, 5) is 4.43. The van der Waals surface area contributed by atoms with Crippen molar-refractivity contribution in [2.45, 2.75) is 38.2 Å². The minimum Gasteiger partial charge on any atom is -0.474 e. The van der Waals surface area contributed by atoms with Crippen molar-refractivity contribution < 1.29 is 4.74 Å². The summed E-state index contributed by atoms with van der Waals surface area (Å²) >= 11 is 0.